The summed E-state index contributed by atoms with van der Waals surface area (Å²) in [5, 5.41) is 13.7. The third-order valence-corrected chi connectivity index (χ3v) is 8.47. The van der Waals surface area contributed by atoms with Crippen LogP contribution in [0, 0.1) is 17.8 Å². The van der Waals surface area contributed by atoms with Gasteiger partial charge in [-0.05, 0) is 52.4 Å². The zero-order valence-corrected chi connectivity index (χ0v) is 22.3. The lowest BCUT2D eigenvalue weighted by Gasteiger charge is -2.34. The molecule has 0 atom stereocenters. The van der Waals surface area contributed by atoms with Crippen LogP contribution in [-0.4, -0.2) is 61.7 Å². The Balaban J connectivity index is 1.60. The highest BCUT2D eigenvalue weighted by molar-refractivity contribution is 6.39. The van der Waals surface area contributed by atoms with Gasteiger partial charge in [-0.1, -0.05) is 23.2 Å². The first kappa shape index (κ1) is 28.4. The molecular weight excluding hydrogens is 548 g/mol. The summed E-state index contributed by atoms with van der Waals surface area (Å²) in [6.45, 7) is 1.98. The molecule has 0 unspecified atom stereocenters. The number of halogens is 5. The van der Waals surface area contributed by atoms with Gasteiger partial charge < -0.3 is 10.0 Å². The van der Waals surface area contributed by atoms with Crippen molar-refractivity contribution in [2.24, 2.45) is 10.8 Å². The van der Waals surface area contributed by atoms with Gasteiger partial charge in [-0.15, -0.1) is 0 Å². The van der Waals surface area contributed by atoms with Crippen LogP contribution in [0.25, 0.3) is 0 Å². The number of aromatic nitrogens is 3. The number of nitrogens with zero attached hydrogens (tertiary/aromatic N) is 4. The number of ketones is 1. The van der Waals surface area contributed by atoms with Crippen molar-refractivity contribution >= 4 is 40.9 Å². The molecule has 2 fully saturated rings. The predicted molar refractivity (Wildman–Crippen MR) is 132 cm³/mol. The number of amides is 1. The molecule has 2 aliphatic carbocycles. The van der Waals surface area contributed by atoms with E-state index in [-0.39, 0.29) is 40.1 Å². The molecule has 13 heteroatoms. The highest BCUT2D eigenvalue weighted by Crippen LogP contribution is 2.58. The molecule has 0 spiro atoms. The molecule has 38 heavy (non-hydrogen) atoms. The summed E-state index contributed by atoms with van der Waals surface area (Å²) in [7, 11) is 0. The van der Waals surface area contributed by atoms with Crippen LogP contribution < -0.4 is 0 Å². The number of aliphatic carboxylic acids is 1. The minimum Gasteiger partial charge on any atom is -0.481 e. The molecule has 0 aliphatic heterocycles. The first-order chi connectivity index (χ1) is 17.7. The van der Waals surface area contributed by atoms with Crippen molar-refractivity contribution < 1.29 is 32.7 Å². The summed E-state index contributed by atoms with van der Waals surface area (Å²) in [4.78, 5) is 43.0. The molecule has 2 aromatic heterocycles. The van der Waals surface area contributed by atoms with E-state index >= 15 is 0 Å². The second kappa shape index (κ2) is 10.1. The van der Waals surface area contributed by atoms with Gasteiger partial charge >= 0.3 is 12.1 Å². The number of carboxylic acids is 1. The van der Waals surface area contributed by atoms with Crippen LogP contribution in [0.15, 0.2) is 18.6 Å². The van der Waals surface area contributed by atoms with E-state index in [0.717, 1.165) is 4.90 Å². The van der Waals surface area contributed by atoms with Crippen LogP contribution in [0.4, 0.5) is 13.2 Å². The van der Waals surface area contributed by atoms with Crippen LogP contribution in [0.1, 0.15) is 77.9 Å². The topological polar surface area (TPSA) is 105 Å². The Morgan fingerprint density at radius 3 is 2.18 bits per heavy atom. The molecule has 0 aromatic carbocycles. The van der Waals surface area contributed by atoms with Gasteiger partial charge in [0.25, 0.3) is 5.91 Å². The predicted octanol–water partition coefficient (Wildman–Crippen LogP) is 5.77. The molecule has 1 amide bonds. The highest BCUT2D eigenvalue weighted by Gasteiger charge is 2.64. The van der Waals surface area contributed by atoms with E-state index < -0.39 is 47.8 Å². The van der Waals surface area contributed by atoms with Gasteiger partial charge in [0.05, 0.1) is 50.8 Å². The fourth-order valence-electron chi connectivity index (χ4n) is 5.05. The minimum atomic E-state index is -4.54. The number of Topliss-reactive ketones (excluding diaryl/α,β-unsaturated/α-hetero) is 1. The van der Waals surface area contributed by atoms with Gasteiger partial charge in [0, 0.05) is 24.6 Å². The number of hydrogen-bond acceptors (Lipinski definition) is 5. The highest BCUT2D eigenvalue weighted by atomic mass is 35.5. The maximum absolute atomic E-state index is 13.8. The fourth-order valence-corrected chi connectivity index (χ4v) is 5.62. The van der Waals surface area contributed by atoms with E-state index in [0.29, 0.717) is 31.4 Å². The SMILES string of the molecule is Cc1c(C(=O)N(CC(=O)c2c(Cl)cncc2Cl)CC2(C(F)(F)F)CC2)cnn1C1CCC(C)(C(=O)O)CC1. The summed E-state index contributed by atoms with van der Waals surface area (Å²) in [5.41, 5.74) is -2.51. The number of carbonyl (C=O) groups excluding carboxylic acids is 2. The van der Waals surface area contributed by atoms with Crippen LogP contribution in [-0.2, 0) is 4.79 Å². The van der Waals surface area contributed by atoms with Crippen molar-refractivity contribution in [1.29, 1.82) is 0 Å². The number of carbonyl (C=O) groups is 3. The van der Waals surface area contributed by atoms with Gasteiger partial charge in [-0.2, -0.15) is 18.3 Å². The van der Waals surface area contributed by atoms with E-state index in [1.807, 2.05) is 0 Å². The third kappa shape index (κ3) is 5.27. The molecule has 2 heterocycles. The van der Waals surface area contributed by atoms with E-state index in [4.69, 9.17) is 23.2 Å². The zero-order chi connectivity index (χ0) is 28.0. The Kier molecular flexibility index (Phi) is 7.57. The van der Waals surface area contributed by atoms with Crippen LogP contribution in [0.3, 0.4) is 0 Å². The fraction of sp³-hybridized carbons (Fsp3) is 0.560. The Labute approximate surface area is 227 Å². The normalized spacial score (nSPS) is 22.7. The average molecular weight is 575 g/mol. The standard InChI is InChI=1S/C25H27Cl2F3N4O4/c1-14-16(9-32-34(14)15-3-5-23(2,6-4-15)22(37)38)21(36)33(13-24(7-8-24)25(28,29)30)12-19(35)20-17(26)10-31-11-18(20)27/h9-11,15H,3-8,12-13H2,1-2H3,(H,37,38). The monoisotopic (exact) mass is 574 g/mol. The van der Waals surface area contributed by atoms with Crippen LogP contribution >= 0.6 is 23.2 Å². The van der Waals surface area contributed by atoms with Gasteiger partial charge in [-0.3, -0.25) is 24.0 Å². The Morgan fingerprint density at radius 2 is 1.68 bits per heavy atom. The summed E-state index contributed by atoms with van der Waals surface area (Å²) < 4.78 is 43.1. The van der Waals surface area contributed by atoms with Gasteiger partial charge in [0.1, 0.15) is 0 Å². The number of alkyl halides is 3. The molecule has 0 bridgehead atoms. The molecule has 206 valence electrons. The van der Waals surface area contributed by atoms with Crippen molar-refractivity contribution in [3.8, 4) is 0 Å². The van der Waals surface area contributed by atoms with Crippen molar-refractivity contribution in [3.05, 3.63) is 45.5 Å². The lowest BCUT2D eigenvalue weighted by Crippen LogP contribution is -2.44. The largest absolute Gasteiger partial charge is 0.481 e. The average Bonchev–Trinajstić information content (AvgIpc) is 3.53. The lowest BCUT2D eigenvalue weighted by molar-refractivity contribution is -0.189. The molecule has 2 aromatic rings. The summed E-state index contributed by atoms with van der Waals surface area (Å²) >= 11 is 12.2. The van der Waals surface area contributed by atoms with Gasteiger partial charge in [0.15, 0.2) is 5.78 Å². The van der Waals surface area contributed by atoms with Crippen molar-refractivity contribution in [1.82, 2.24) is 19.7 Å². The lowest BCUT2D eigenvalue weighted by atomic mass is 9.74. The molecule has 1 N–H and O–H groups in total. The van der Waals surface area contributed by atoms with E-state index in [9.17, 15) is 32.7 Å². The second-order valence-corrected chi connectivity index (χ2v) is 11.3. The molecule has 2 saturated carbocycles. The van der Waals surface area contributed by atoms with E-state index in [1.54, 1.807) is 18.5 Å². The Hall–Kier alpha value is -2.66. The summed E-state index contributed by atoms with van der Waals surface area (Å²) in [6.07, 6.45) is 0.752. The van der Waals surface area contributed by atoms with Crippen molar-refractivity contribution in [3.63, 3.8) is 0 Å². The summed E-state index contributed by atoms with van der Waals surface area (Å²) in [5.74, 6) is -2.33. The Bertz CT molecular complexity index is 1250. The van der Waals surface area contributed by atoms with Gasteiger partial charge in [0.2, 0.25) is 0 Å². The van der Waals surface area contributed by atoms with Crippen LogP contribution in [0.5, 0.6) is 0 Å². The van der Waals surface area contributed by atoms with Crippen molar-refractivity contribution in [2.75, 3.05) is 13.1 Å². The first-order valence-electron chi connectivity index (χ1n) is 12.1. The molecule has 8 nitrogen and oxygen atoms in total. The molecular formula is C25H27Cl2F3N4O4. The Morgan fingerprint density at radius 1 is 1.11 bits per heavy atom. The molecule has 2 aliphatic rings. The van der Waals surface area contributed by atoms with Crippen LogP contribution in [0.2, 0.25) is 10.0 Å². The summed E-state index contributed by atoms with van der Waals surface area (Å²) in [6, 6.07) is -0.154. The van der Waals surface area contributed by atoms with Gasteiger partial charge in [-0.25, -0.2) is 0 Å². The third-order valence-electron chi connectivity index (χ3n) is 7.90. The maximum atomic E-state index is 13.8. The molecule has 0 radical (unpaired) electrons. The minimum absolute atomic E-state index is 0.0680. The van der Waals surface area contributed by atoms with E-state index in [1.165, 1.54) is 18.6 Å². The number of hydrogen-bond donors (Lipinski definition) is 1. The number of rotatable bonds is 8. The van der Waals surface area contributed by atoms with Crippen molar-refractivity contribution in [2.45, 2.75) is 64.6 Å². The zero-order valence-electron chi connectivity index (χ0n) is 20.8. The quantitative estimate of drug-likeness (QED) is 0.401. The maximum Gasteiger partial charge on any atom is 0.396 e. The number of pyridine rings is 1. The smallest absolute Gasteiger partial charge is 0.396 e. The second-order valence-electron chi connectivity index (χ2n) is 10.5. The molecule has 0 saturated heterocycles. The first-order valence-corrected chi connectivity index (χ1v) is 12.9. The van der Waals surface area contributed by atoms with E-state index in [2.05, 4.69) is 10.1 Å². The molecule has 4 rings (SSSR count). The number of carboxylic acid groups (broad SMARTS) is 1.